The van der Waals surface area contributed by atoms with E-state index in [0.717, 1.165) is 4.47 Å². The summed E-state index contributed by atoms with van der Waals surface area (Å²) >= 11 is 3.60. The molecule has 92 valence electrons. The van der Waals surface area contributed by atoms with Crippen molar-refractivity contribution in [1.29, 1.82) is 0 Å². The summed E-state index contributed by atoms with van der Waals surface area (Å²) in [6.45, 7) is 2.24. The van der Waals surface area contributed by atoms with Crippen molar-refractivity contribution in [3.05, 3.63) is 46.4 Å². The molecule has 0 unspecified atom stereocenters. The van der Waals surface area contributed by atoms with Gasteiger partial charge < -0.3 is 4.98 Å². The number of hydrogen-bond acceptors (Lipinski definition) is 0. The van der Waals surface area contributed by atoms with Crippen LogP contribution in [0.3, 0.4) is 0 Å². The Kier molecular flexibility index (Phi) is 3.13. The molecule has 3 aromatic rings. The normalized spacial score (nSPS) is 11.4. The van der Waals surface area contributed by atoms with Crippen molar-refractivity contribution in [2.75, 3.05) is 0 Å². The van der Waals surface area contributed by atoms with Crippen molar-refractivity contribution < 1.29 is 0 Å². The second kappa shape index (κ2) is 4.77. The van der Waals surface area contributed by atoms with E-state index in [4.69, 9.17) is 0 Å². The van der Waals surface area contributed by atoms with Gasteiger partial charge in [-0.3, -0.25) is 0 Å². The lowest BCUT2D eigenvalue weighted by molar-refractivity contribution is 0.796. The summed E-state index contributed by atoms with van der Waals surface area (Å²) in [5, 5.41) is 2.64. The Labute approximate surface area is 115 Å². The van der Waals surface area contributed by atoms with Crippen LogP contribution in [-0.2, 0) is 6.42 Å². The van der Waals surface area contributed by atoms with Crippen LogP contribution in [0.4, 0.5) is 0 Å². The topological polar surface area (TPSA) is 15.8 Å². The van der Waals surface area contributed by atoms with Gasteiger partial charge in [0.05, 0.1) is 5.52 Å². The number of benzene rings is 2. The van der Waals surface area contributed by atoms with Gasteiger partial charge in [-0.25, -0.2) is 0 Å². The van der Waals surface area contributed by atoms with Crippen molar-refractivity contribution in [2.45, 2.75) is 26.2 Å². The maximum Gasteiger partial charge on any atom is 0.0609 e. The molecular formula is C16H16BrN. The Bertz CT molecular complexity index is 697. The van der Waals surface area contributed by atoms with Gasteiger partial charge in [0, 0.05) is 20.8 Å². The average molecular weight is 302 g/mol. The number of rotatable bonds is 3. The number of hydrogen-bond donors (Lipinski definition) is 1. The minimum absolute atomic E-state index is 1.13. The average Bonchev–Trinajstić information content (AvgIpc) is 2.76. The second-order valence-electron chi connectivity index (χ2n) is 4.77. The van der Waals surface area contributed by atoms with E-state index in [9.17, 15) is 0 Å². The minimum atomic E-state index is 1.13. The summed E-state index contributed by atoms with van der Waals surface area (Å²) in [5.74, 6) is 0. The van der Waals surface area contributed by atoms with Crippen LogP contribution in [0.5, 0.6) is 0 Å². The fourth-order valence-corrected chi connectivity index (χ4v) is 2.94. The third kappa shape index (κ3) is 1.95. The summed E-state index contributed by atoms with van der Waals surface area (Å²) in [7, 11) is 0. The highest BCUT2D eigenvalue weighted by Gasteiger charge is 2.06. The molecule has 1 N–H and O–H groups in total. The number of aryl methyl sites for hydroxylation is 1. The summed E-state index contributed by atoms with van der Waals surface area (Å²) in [4.78, 5) is 3.48. The third-order valence-corrected chi connectivity index (χ3v) is 4.13. The first-order valence-corrected chi connectivity index (χ1v) is 7.27. The first kappa shape index (κ1) is 11.8. The third-order valence-electron chi connectivity index (χ3n) is 3.47. The Morgan fingerprint density at radius 2 is 2.00 bits per heavy atom. The molecule has 0 aliphatic heterocycles. The van der Waals surface area contributed by atoms with Gasteiger partial charge in [-0.05, 0) is 52.5 Å². The zero-order chi connectivity index (χ0) is 12.5. The van der Waals surface area contributed by atoms with Crippen LogP contribution in [0.2, 0.25) is 0 Å². The van der Waals surface area contributed by atoms with E-state index in [0.29, 0.717) is 0 Å². The lowest BCUT2D eigenvalue weighted by atomic mass is 10.1. The van der Waals surface area contributed by atoms with Gasteiger partial charge >= 0.3 is 0 Å². The van der Waals surface area contributed by atoms with E-state index in [1.165, 1.54) is 46.6 Å². The van der Waals surface area contributed by atoms with E-state index in [2.05, 4.69) is 64.2 Å². The molecule has 0 aliphatic carbocycles. The molecule has 1 heterocycles. The minimum Gasteiger partial charge on any atom is -0.354 e. The predicted octanol–water partition coefficient (Wildman–Crippen LogP) is 5.43. The molecule has 2 heteroatoms. The van der Waals surface area contributed by atoms with Gasteiger partial charge in [-0.1, -0.05) is 31.5 Å². The fourth-order valence-electron chi connectivity index (χ4n) is 2.47. The Morgan fingerprint density at radius 3 is 2.83 bits per heavy atom. The molecule has 0 amide bonds. The largest absolute Gasteiger partial charge is 0.354 e. The summed E-state index contributed by atoms with van der Waals surface area (Å²) in [6, 6.07) is 13.1. The molecule has 0 bridgehead atoms. The van der Waals surface area contributed by atoms with Crippen LogP contribution in [0.1, 0.15) is 25.3 Å². The number of unbranched alkanes of at least 4 members (excludes halogenated alkanes) is 1. The summed E-state index contributed by atoms with van der Waals surface area (Å²) in [5.41, 5.74) is 3.85. The highest BCUT2D eigenvalue weighted by Crippen LogP contribution is 2.31. The van der Waals surface area contributed by atoms with Crippen LogP contribution in [-0.4, -0.2) is 4.98 Å². The number of para-hydroxylation sites is 1. The van der Waals surface area contributed by atoms with Crippen molar-refractivity contribution >= 4 is 37.7 Å². The highest BCUT2D eigenvalue weighted by molar-refractivity contribution is 9.10. The Morgan fingerprint density at radius 1 is 1.11 bits per heavy atom. The molecule has 0 aliphatic rings. The lowest BCUT2D eigenvalue weighted by Gasteiger charge is -2.00. The van der Waals surface area contributed by atoms with Crippen LogP contribution in [0.15, 0.2) is 40.9 Å². The van der Waals surface area contributed by atoms with Gasteiger partial charge in [0.25, 0.3) is 0 Å². The van der Waals surface area contributed by atoms with E-state index in [-0.39, 0.29) is 0 Å². The Balaban J connectivity index is 2.20. The maximum atomic E-state index is 3.60. The van der Waals surface area contributed by atoms with E-state index in [1.807, 2.05) is 0 Å². The second-order valence-corrected chi connectivity index (χ2v) is 5.63. The lowest BCUT2D eigenvalue weighted by Crippen LogP contribution is -1.83. The van der Waals surface area contributed by atoms with Crippen LogP contribution >= 0.6 is 15.9 Å². The smallest absolute Gasteiger partial charge is 0.0609 e. The fraction of sp³-hybridized carbons (Fsp3) is 0.250. The van der Waals surface area contributed by atoms with Gasteiger partial charge in [0.2, 0.25) is 0 Å². The van der Waals surface area contributed by atoms with Crippen molar-refractivity contribution in [2.24, 2.45) is 0 Å². The number of H-pyrrole nitrogens is 1. The van der Waals surface area contributed by atoms with E-state index in [1.54, 1.807) is 0 Å². The number of aromatic amines is 1. The molecule has 18 heavy (non-hydrogen) atoms. The molecule has 0 spiro atoms. The maximum absolute atomic E-state index is 3.60. The van der Waals surface area contributed by atoms with Crippen LogP contribution in [0.25, 0.3) is 21.8 Å². The highest BCUT2D eigenvalue weighted by atomic mass is 79.9. The molecule has 0 atom stereocenters. The summed E-state index contributed by atoms with van der Waals surface area (Å²) in [6.07, 6.45) is 3.68. The SMILES string of the molecule is CCCCc1ccc2[nH]c3c(Br)cccc3c2c1. The molecule has 3 rings (SSSR count). The van der Waals surface area contributed by atoms with E-state index < -0.39 is 0 Å². The molecule has 0 fully saturated rings. The number of aromatic nitrogens is 1. The van der Waals surface area contributed by atoms with Crippen LogP contribution in [0, 0.1) is 0 Å². The molecule has 0 saturated carbocycles. The molecule has 1 nitrogen and oxygen atoms in total. The van der Waals surface area contributed by atoms with Crippen molar-refractivity contribution in [3.8, 4) is 0 Å². The first-order chi connectivity index (χ1) is 8.79. The number of nitrogens with one attached hydrogen (secondary N) is 1. The number of halogens is 1. The van der Waals surface area contributed by atoms with Crippen LogP contribution < -0.4 is 0 Å². The number of fused-ring (bicyclic) bond motifs is 3. The predicted molar refractivity (Wildman–Crippen MR) is 82.1 cm³/mol. The molecule has 0 radical (unpaired) electrons. The molecular weight excluding hydrogens is 286 g/mol. The van der Waals surface area contributed by atoms with Gasteiger partial charge in [0.15, 0.2) is 0 Å². The Hall–Kier alpha value is -1.28. The summed E-state index contributed by atoms with van der Waals surface area (Å²) < 4.78 is 1.13. The van der Waals surface area contributed by atoms with Gasteiger partial charge in [0.1, 0.15) is 0 Å². The van der Waals surface area contributed by atoms with Crippen molar-refractivity contribution in [3.63, 3.8) is 0 Å². The monoisotopic (exact) mass is 301 g/mol. The molecule has 1 aromatic heterocycles. The van der Waals surface area contributed by atoms with E-state index >= 15 is 0 Å². The van der Waals surface area contributed by atoms with Gasteiger partial charge in [-0.15, -0.1) is 0 Å². The van der Waals surface area contributed by atoms with Crippen molar-refractivity contribution in [1.82, 2.24) is 4.98 Å². The van der Waals surface area contributed by atoms with Gasteiger partial charge in [-0.2, -0.15) is 0 Å². The standard InChI is InChI=1S/C16H16BrN/c1-2-3-5-11-8-9-15-13(10-11)12-6-4-7-14(17)16(12)18-15/h4,6-10,18H,2-3,5H2,1H3. The molecule has 0 saturated heterocycles. The first-order valence-electron chi connectivity index (χ1n) is 6.48. The quantitative estimate of drug-likeness (QED) is 0.664. The zero-order valence-corrected chi connectivity index (χ0v) is 12.0. The zero-order valence-electron chi connectivity index (χ0n) is 10.5. The molecule has 2 aromatic carbocycles.